The monoisotopic (exact) mass is 364 g/mol. The molecule has 0 radical (unpaired) electrons. The molecule has 0 aliphatic carbocycles. The van der Waals surface area contributed by atoms with Gasteiger partial charge in [0.1, 0.15) is 0 Å². The van der Waals surface area contributed by atoms with Gasteiger partial charge in [0.05, 0.1) is 0 Å². The Morgan fingerprint density at radius 3 is 1.35 bits per heavy atom. The first kappa shape index (κ1) is 23.3. The summed E-state index contributed by atoms with van der Waals surface area (Å²) in [6, 6.07) is 0. The lowest BCUT2D eigenvalue weighted by Crippen LogP contribution is -2.46. The molecule has 152 valence electrons. The zero-order valence-corrected chi connectivity index (χ0v) is 18.4. The van der Waals surface area contributed by atoms with Crippen LogP contribution in [0.1, 0.15) is 67.2 Å². The normalized spacial score (nSPS) is 18.3. The molecule has 4 heteroatoms. The number of hydrogen-bond acceptors (Lipinski definition) is 4. The molecule has 0 saturated carbocycles. The van der Waals surface area contributed by atoms with Crippen molar-refractivity contribution < 1.29 is 0 Å². The van der Waals surface area contributed by atoms with E-state index >= 15 is 0 Å². The minimum atomic E-state index is 0.719. The van der Waals surface area contributed by atoms with E-state index in [0.717, 1.165) is 37.8 Å². The molecule has 0 N–H and O–H groups in total. The predicted molar refractivity (Wildman–Crippen MR) is 117 cm³/mol. The number of rotatable bonds is 12. The van der Waals surface area contributed by atoms with Crippen molar-refractivity contribution in [2.45, 2.75) is 67.2 Å². The third-order valence-electron chi connectivity index (χ3n) is 4.90. The van der Waals surface area contributed by atoms with E-state index in [9.17, 15) is 0 Å². The molecule has 0 atom stereocenters. The maximum Gasteiger partial charge on any atom is 0.0400 e. The summed E-state index contributed by atoms with van der Waals surface area (Å²) >= 11 is 0. The first-order valence-electron chi connectivity index (χ1n) is 10.8. The maximum absolute atomic E-state index is 4.71. The fraction of sp³-hybridized carbons (Fsp3) is 0.909. The first-order valence-corrected chi connectivity index (χ1v) is 10.8. The molecule has 1 heterocycles. The van der Waals surface area contributed by atoms with Crippen LogP contribution in [0.15, 0.2) is 9.98 Å². The van der Waals surface area contributed by atoms with Crippen molar-refractivity contribution in [1.82, 2.24) is 9.80 Å². The quantitative estimate of drug-likeness (QED) is 0.380. The van der Waals surface area contributed by atoms with E-state index in [1.54, 1.807) is 0 Å². The Hall–Kier alpha value is -0.740. The minimum Gasteiger partial charge on any atom is -0.301 e. The summed E-state index contributed by atoms with van der Waals surface area (Å²) in [4.78, 5) is 14.6. The summed E-state index contributed by atoms with van der Waals surface area (Å²) in [5.41, 5.74) is 2.63. The van der Waals surface area contributed by atoms with Crippen LogP contribution in [0.2, 0.25) is 0 Å². The molecule has 0 bridgehead atoms. The molecule has 1 saturated heterocycles. The molecule has 26 heavy (non-hydrogen) atoms. The van der Waals surface area contributed by atoms with Crippen LogP contribution >= 0.6 is 0 Å². The molecule has 1 fully saturated rings. The van der Waals surface area contributed by atoms with E-state index in [0.29, 0.717) is 0 Å². The zero-order chi connectivity index (χ0) is 19.4. The van der Waals surface area contributed by atoms with Gasteiger partial charge in [0.2, 0.25) is 0 Å². The van der Waals surface area contributed by atoms with Gasteiger partial charge in [-0.3, -0.25) is 9.98 Å². The van der Waals surface area contributed by atoms with Gasteiger partial charge in [-0.1, -0.05) is 27.7 Å². The number of aliphatic imine (C=N–C) groups is 2. The van der Waals surface area contributed by atoms with Crippen LogP contribution in [0, 0.1) is 11.8 Å². The number of nitrogens with zero attached hydrogens (tertiary/aromatic N) is 4. The Morgan fingerprint density at radius 1 is 0.692 bits per heavy atom. The molecule has 1 rings (SSSR count). The van der Waals surface area contributed by atoms with Crippen molar-refractivity contribution in [2.75, 3.05) is 52.4 Å². The summed E-state index contributed by atoms with van der Waals surface area (Å²) in [7, 11) is 0. The van der Waals surface area contributed by atoms with Crippen LogP contribution in [0.25, 0.3) is 0 Å². The molecule has 4 nitrogen and oxygen atoms in total. The molecule has 0 aromatic rings. The second-order valence-electron chi connectivity index (χ2n) is 8.82. The molecule has 0 spiro atoms. The third-order valence-corrected chi connectivity index (χ3v) is 4.90. The average Bonchev–Trinajstić information content (AvgIpc) is 2.55. The smallest absolute Gasteiger partial charge is 0.0400 e. The van der Waals surface area contributed by atoms with Gasteiger partial charge >= 0.3 is 0 Å². The molecular formula is C22H44N4. The van der Waals surface area contributed by atoms with Gasteiger partial charge in [0, 0.05) is 50.7 Å². The van der Waals surface area contributed by atoms with Crippen LogP contribution in [0.5, 0.6) is 0 Å². The second kappa shape index (κ2) is 13.4. The highest BCUT2D eigenvalue weighted by Crippen LogP contribution is 2.06. The van der Waals surface area contributed by atoms with Crippen LogP contribution in [0.4, 0.5) is 0 Å². The van der Waals surface area contributed by atoms with Crippen molar-refractivity contribution in [3.63, 3.8) is 0 Å². The lowest BCUT2D eigenvalue weighted by atomic mass is 10.1. The van der Waals surface area contributed by atoms with Gasteiger partial charge in [0.25, 0.3) is 0 Å². The summed E-state index contributed by atoms with van der Waals surface area (Å²) < 4.78 is 0. The summed E-state index contributed by atoms with van der Waals surface area (Å²) in [5, 5.41) is 0. The average molecular weight is 365 g/mol. The maximum atomic E-state index is 4.71. The van der Waals surface area contributed by atoms with Crippen molar-refractivity contribution >= 4 is 11.4 Å². The lowest BCUT2D eigenvalue weighted by Gasteiger charge is -2.34. The van der Waals surface area contributed by atoms with E-state index in [4.69, 9.17) is 9.98 Å². The Labute approximate surface area is 163 Å². The summed E-state index contributed by atoms with van der Waals surface area (Å²) in [6.45, 7) is 22.6. The second-order valence-corrected chi connectivity index (χ2v) is 8.82. The highest BCUT2D eigenvalue weighted by Gasteiger charge is 2.15. The molecule has 0 unspecified atom stereocenters. The molecule has 1 aliphatic heterocycles. The van der Waals surface area contributed by atoms with Gasteiger partial charge in [-0.15, -0.1) is 0 Å². The van der Waals surface area contributed by atoms with E-state index < -0.39 is 0 Å². The van der Waals surface area contributed by atoms with Crippen molar-refractivity contribution in [3.8, 4) is 0 Å². The fourth-order valence-electron chi connectivity index (χ4n) is 3.68. The van der Waals surface area contributed by atoms with Gasteiger partial charge in [-0.2, -0.15) is 0 Å². The Morgan fingerprint density at radius 2 is 1.04 bits per heavy atom. The van der Waals surface area contributed by atoms with E-state index in [2.05, 4.69) is 51.3 Å². The highest BCUT2D eigenvalue weighted by atomic mass is 15.3. The van der Waals surface area contributed by atoms with Gasteiger partial charge in [0.15, 0.2) is 0 Å². The molecular weight excluding hydrogens is 320 g/mol. The van der Waals surface area contributed by atoms with Crippen molar-refractivity contribution in [3.05, 3.63) is 0 Å². The van der Waals surface area contributed by atoms with Crippen molar-refractivity contribution in [2.24, 2.45) is 21.8 Å². The van der Waals surface area contributed by atoms with Crippen molar-refractivity contribution in [1.29, 1.82) is 0 Å². The van der Waals surface area contributed by atoms with Gasteiger partial charge in [-0.25, -0.2) is 0 Å². The lowest BCUT2D eigenvalue weighted by molar-refractivity contribution is 0.131. The Kier molecular flexibility index (Phi) is 12.0. The van der Waals surface area contributed by atoms with Crippen LogP contribution < -0.4 is 0 Å². The SMILES string of the molecule is C/C(CC(C)C)=N\CCCN1CCN(CCC/N=C(\C)CC(C)C)CC1. The summed E-state index contributed by atoms with van der Waals surface area (Å²) in [6.07, 6.45) is 4.66. The largest absolute Gasteiger partial charge is 0.301 e. The molecule has 0 amide bonds. The van der Waals surface area contributed by atoms with E-state index in [1.165, 1.54) is 63.5 Å². The summed E-state index contributed by atoms with van der Waals surface area (Å²) in [5.74, 6) is 1.44. The van der Waals surface area contributed by atoms with E-state index in [1.807, 2.05) is 0 Å². The Bertz CT molecular complexity index is 378. The number of hydrogen-bond donors (Lipinski definition) is 0. The highest BCUT2D eigenvalue weighted by molar-refractivity contribution is 5.82. The number of piperazine rings is 1. The van der Waals surface area contributed by atoms with Crippen LogP contribution in [0.3, 0.4) is 0 Å². The predicted octanol–water partition coefficient (Wildman–Crippen LogP) is 4.40. The topological polar surface area (TPSA) is 31.2 Å². The third kappa shape index (κ3) is 11.8. The zero-order valence-electron chi connectivity index (χ0n) is 18.4. The van der Waals surface area contributed by atoms with Gasteiger partial charge < -0.3 is 9.80 Å². The molecule has 1 aliphatic rings. The standard InChI is InChI=1S/C22H44N4/c1-19(2)17-21(5)23-9-7-11-25-13-15-26(16-14-25)12-8-10-24-22(6)18-20(3)4/h19-20H,7-18H2,1-6H3/b23-21+,24-22+. The van der Waals surface area contributed by atoms with Crippen LogP contribution in [-0.4, -0.2) is 73.6 Å². The van der Waals surface area contributed by atoms with Gasteiger partial charge in [-0.05, 0) is 64.5 Å². The Balaban J connectivity index is 2.08. The minimum absolute atomic E-state index is 0.719. The molecule has 0 aromatic carbocycles. The van der Waals surface area contributed by atoms with Crippen LogP contribution in [-0.2, 0) is 0 Å². The molecule has 0 aromatic heterocycles. The fourth-order valence-corrected chi connectivity index (χ4v) is 3.68. The van der Waals surface area contributed by atoms with E-state index in [-0.39, 0.29) is 0 Å². The first-order chi connectivity index (χ1) is 12.4.